The maximum atomic E-state index is 14.2. The topological polar surface area (TPSA) is 77.3 Å². The van der Waals surface area contributed by atoms with E-state index in [-0.39, 0.29) is 34.0 Å². The molecule has 1 unspecified atom stereocenters. The third-order valence-electron chi connectivity index (χ3n) is 5.09. The fraction of sp³-hybridized carbons (Fsp3) is 0.240. The average molecular weight is 499 g/mol. The number of benzene rings is 2. The van der Waals surface area contributed by atoms with Gasteiger partial charge in [0.05, 0.1) is 16.6 Å². The van der Waals surface area contributed by atoms with E-state index >= 15 is 0 Å². The maximum Gasteiger partial charge on any atom is 0.313 e. The summed E-state index contributed by atoms with van der Waals surface area (Å²) in [4.78, 5) is 22.1. The quantitative estimate of drug-likeness (QED) is 0.335. The van der Waals surface area contributed by atoms with Crippen LogP contribution in [0.25, 0.3) is 11.0 Å². The van der Waals surface area contributed by atoms with Gasteiger partial charge in [-0.1, -0.05) is 44.2 Å². The van der Waals surface area contributed by atoms with Crippen LogP contribution in [0, 0.1) is 17.6 Å². The number of nitrogens with zero attached hydrogens (tertiary/aromatic N) is 4. The largest absolute Gasteiger partial charge is 0.448 e. The molecule has 0 spiro atoms. The van der Waals surface area contributed by atoms with Gasteiger partial charge in [0.15, 0.2) is 23.0 Å². The Morgan fingerprint density at radius 3 is 2.51 bits per heavy atom. The van der Waals surface area contributed by atoms with Crippen molar-refractivity contribution in [3.05, 3.63) is 88.3 Å². The van der Waals surface area contributed by atoms with Crippen molar-refractivity contribution < 1.29 is 17.7 Å². The van der Waals surface area contributed by atoms with Crippen molar-refractivity contribution in [1.82, 2.24) is 14.6 Å². The number of hydrogen-bond acceptors (Lipinski definition) is 6. The zero-order chi connectivity index (χ0) is 25.1. The molecule has 182 valence electrons. The lowest BCUT2D eigenvalue weighted by atomic mass is 10.2. The van der Waals surface area contributed by atoms with Gasteiger partial charge in [0.1, 0.15) is 5.82 Å². The highest BCUT2D eigenvalue weighted by Gasteiger charge is 2.20. The Kier molecular flexibility index (Phi) is 7.20. The van der Waals surface area contributed by atoms with E-state index in [0.29, 0.717) is 18.0 Å². The predicted octanol–water partition coefficient (Wildman–Crippen LogP) is 4.39. The molecule has 0 saturated carbocycles. The van der Waals surface area contributed by atoms with Gasteiger partial charge in [0.25, 0.3) is 0 Å². The molecule has 0 bridgehead atoms. The van der Waals surface area contributed by atoms with Gasteiger partial charge in [-0.25, -0.2) is 18.7 Å². The van der Waals surface area contributed by atoms with Crippen molar-refractivity contribution in [3.63, 3.8) is 0 Å². The van der Waals surface area contributed by atoms with Crippen molar-refractivity contribution in [3.8, 4) is 11.5 Å². The van der Waals surface area contributed by atoms with Crippen molar-refractivity contribution in [2.75, 3.05) is 18.6 Å². The van der Waals surface area contributed by atoms with Crippen LogP contribution in [0.15, 0.2) is 70.7 Å². The first-order valence-electron chi connectivity index (χ1n) is 10.9. The van der Waals surface area contributed by atoms with Crippen LogP contribution >= 0.6 is 0 Å². The minimum absolute atomic E-state index is 0.0886. The Morgan fingerprint density at radius 1 is 1.09 bits per heavy atom. The molecule has 0 amide bonds. The second-order valence-electron chi connectivity index (χ2n) is 8.44. The molecule has 0 N–H and O–H groups in total. The molecule has 2 aromatic heterocycles. The van der Waals surface area contributed by atoms with E-state index in [0.717, 1.165) is 17.7 Å². The van der Waals surface area contributed by atoms with E-state index in [1.54, 1.807) is 12.1 Å². The van der Waals surface area contributed by atoms with Crippen LogP contribution < -0.4 is 15.3 Å². The summed E-state index contributed by atoms with van der Waals surface area (Å²) in [5.41, 5.74) is 0.522. The number of aromatic nitrogens is 3. The molecule has 1 atom stereocenters. The molecule has 0 aliphatic heterocycles. The first-order valence-corrected chi connectivity index (χ1v) is 12.2. The lowest BCUT2D eigenvalue weighted by Gasteiger charge is -2.25. The van der Waals surface area contributed by atoms with E-state index in [1.165, 1.54) is 16.9 Å². The van der Waals surface area contributed by atoms with E-state index in [4.69, 9.17) is 4.74 Å². The second kappa shape index (κ2) is 10.3. The maximum absolute atomic E-state index is 14.2. The van der Waals surface area contributed by atoms with Crippen LogP contribution in [0.2, 0.25) is 0 Å². The molecule has 0 aliphatic rings. The fourth-order valence-electron chi connectivity index (χ4n) is 3.62. The minimum atomic E-state index is -1.54. The molecule has 10 heteroatoms. The van der Waals surface area contributed by atoms with E-state index in [2.05, 4.69) is 9.97 Å². The molecule has 0 aliphatic carbocycles. The average Bonchev–Trinajstić information content (AvgIpc) is 2.81. The van der Waals surface area contributed by atoms with Crippen LogP contribution in [-0.4, -0.2) is 32.4 Å². The number of rotatable bonds is 8. The normalized spacial score (nSPS) is 12.2. The third kappa shape index (κ3) is 5.54. The van der Waals surface area contributed by atoms with Crippen LogP contribution in [0.1, 0.15) is 19.4 Å². The van der Waals surface area contributed by atoms with Gasteiger partial charge in [-0.05, 0) is 29.7 Å². The summed E-state index contributed by atoms with van der Waals surface area (Å²) in [5.74, 6) is -1.73. The van der Waals surface area contributed by atoms with Gasteiger partial charge in [-0.2, -0.15) is 4.68 Å². The molecule has 0 radical (unpaired) electrons. The Balaban J connectivity index is 1.80. The first kappa shape index (κ1) is 24.5. The van der Waals surface area contributed by atoms with Gasteiger partial charge in [0, 0.05) is 31.2 Å². The lowest BCUT2D eigenvalue weighted by Crippen LogP contribution is -2.42. The van der Waals surface area contributed by atoms with Gasteiger partial charge >= 0.3 is 5.56 Å². The summed E-state index contributed by atoms with van der Waals surface area (Å²) in [7, 11) is 0.170. The van der Waals surface area contributed by atoms with Crippen molar-refractivity contribution >= 4 is 21.8 Å². The van der Waals surface area contributed by atoms with Crippen molar-refractivity contribution in [1.29, 1.82) is 0 Å². The number of ether oxygens (including phenoxy) is 1. The van der Waals surface area contributed by atoms with E-state index in [1.807, 2.05) is 44.2 Å². The van der Waals surface area contributed by atoms with Crippen LogP contribution in [0.5, 0.6) is 11.5 Å². The number of hydrogen-bond donors (Lipinski definition) is 0. The van der Waals surface area contributed by atoms with Crippen LogP contribution in [0.3, 0.4) is 0 Å². The lowest BCUT2D eigenvalue weighted by molar-refractivity contribution is 0.426. The summed E-state index contributed by atoms with van der Waals surface area (Å²) >= 11 is 0. The first-order chi connectivity index (χ1) is 16.7. The summed E-state index contributed by atoms with van der Waals surface area (Å²) in [6.07, 6.45) is 1.45. The molecule has 0 fully saturated rings. The Hall–Kier alpha value is -3.66. The van der Waals surface area contributed by atoms with Crippen LogP contribution in [0.4, 0.5) is 8.78 Å². The number of fused-ring (bicyclic) bond motifs is 1. The Bertz CT molecular complexity index is 1440. The zero-order valence-corrected chi connectivity index (χ0v) is 20.3. The zero-order valence-electron chi connectivity index (χ0n) is 19.4. The molecular formula is C25H24F2N4O3S. The molecule has 7 nitrogen and oxygen atoms in total. The third-order valence-corrected chi connectivity index (χ3v) is 6.29. The highest BCUT2D eigenvalue weighted by Crippen LogP contribution is 2.25. The SMILES string of the molecule is CC(C)CN(C)n1c(=O)c(Oc2ccc(F)cc2F)cc2cnc(S(=O)Cc3ccccc3)nc21. The van der Waals surface area contributed by atoms with E-state index < -0.39 is 28.0 Å². The molecule has 35 heavy (non-hydrogen) atoms. The van der Waals surface area contributed by atoms with Gasteiger partial charge in [-0.15, -0.1) is 0 Å². The van der Waals surface area contributed by atoms with Crippen molar-refractivity contribution in [2.45, 2.75) is 24.8 Å². The van der Waals surface area contributed by atoms with Gasteiger partial charge < -0.3 is 9.75 Å². The minimum Gasteiger partial charge on any atom is -0.448 e. The Labute approximate surface area is 203 Å². The molecule has 0 saturated heterocycles. The molecule has 4 rings (SSSR count). The smallest absolute Gasteiger partial charge is 0.313 e. The number of pyridine rings is 1. The molecular weight excluding hydrogens is 474 g/mol. The monoisotopic (exact) mass is 498 g/mol. The summed E-state index contributed by atoms with van der Waals surface area (Å²) in [5, 5.41) is 2.18. The highest BCUT2D eigenvalue weighted by molar-refractivity contribution is 7.84. The molecule has 2 aromatic carbocycles. The second-order valence-corrected chi connectivity index (χ2v) is 9.79. The van der Waals surface area contributed by atoms with Crippen molar-refractivity contribution in [2.24, 2.45) is 5.92 Å². The predicted molar refractivity (Wildman–Crippen MR) is 131 cm³/mol. The summed E-state index contributed by atoms with van der Waals surface area (Å²) in [6, 6.07) is 13.5. The molecule has 4 aromatic rings. The standard InChI is InChI=1S/C25H24F2N4O3S/c1-16(2)14-30(3)31-23-18(11-22(24(31)32)34-21-10-9-19(26)12-20(21)27)13-28-25(29-23)35(33)15-17-7-5-4-6-8-17/h4-13,16H,14-15H2,1-3H3. The van der Waals surface area contributed by atoms with Crippen LogP contribution in [-0.2, 0) is 16.6 Å². The fourth-order valence-corrected chi connectivity index (χ4v) is 4.60. The van der Waals surface area contributed by atoms with E-state index in [9.17, 15) is 17.8 Å². The molecule has 2 heterocycles. The van der Waals surface area contributed by atoms with Gasteiger partial charge in [0.2, 0.25) is 5.16 Å². The highest BCUT2D eigenvalue weighted by atomic mass is 32.2. The summed E-state index contributed by atoms with van der Waals surface area (Å²) < 4.78 is 47.3. The summed E-state index contributed by atoms with van der Waals surface area (Å²) in [6.45, 7) is 4.48. The number of halogens is 2. The Morgan fingerprint density at radius 2 is 1.83 bits per heavy atom. The van der Waals surface area contributed by atoms with Gasteiger partial charge in [-0.3, -0.25) is 9.00 Å².